The summed E-state index contributed by atoms with van der Waals surface area (Å²) < 4.78 is 12.0. The van der Waals surface area contributed by atoms with Gasteiger partial charge < -0.3 is 13.9 Å². The second-order valence-electron chi connectivity index (χ2n) is 16.9. The van der Waals surface area contributed by atoms with Crippen LogP contribution in [0.4, 0.5) is 0 Å². The molecule has 5 heteroatoms. The van der Waals surface area contributed by atoms with Gasteiger partial charge in [0.15, 0.2) is 5.82 Å². The SMILES string of the molecule is c1ccc(-c2cc(-c3cccc(-n4c5ccccc5c5cc6c(cc54)C4(c5ccccc5O6)c5ccccc5-n5c6ccccc6c6cccc4c65)c3)nc(-c3ccccc3)n2)cc1. The number of nitrogens with zero attached hydrogens (tertiary/aromatic N) is 4. The predicted molar refractivity (Wildman–Crippen MR) is 259 cm³/mol. The Morgan fingerprint density at radius 3 is 1.77 bits per heavy atom. The molecule has 0 fully saturated rings. The van der Waals surface area contributed by atoms with Crippen LogP contribution in [0.3, 0.4) is 0 Å². The van der Waals surface area contributed by atoms with E-state index < -0.39 is 5.41 Å². The third-order valence-corrected chi connectivity index (χ3v) is 13.6. The van der Waals surface area contributed by atoms with Crippen LogP contribution in [0, 0.1) is 0 Å². The summed E-state index contributed by atoms with van der Waals surface area (Å²) in [5.74, 6) is 2.43. The number of rotatable bonds is 4. The fourth-order valence-electron chi connectivity index (χ4n) is 10.9. The molecular formula is C59H36N4O. The van der Waals surface area contributed by atoms with Crippen LogP contribution >= 0.6 is 0 Å². The van der Waals surface area contributed by atoms with Gasteiger partial charge >= 0.3 is 0 Å². The number of aromatic nitrogens is 4. The first-order chi connectivity index (χ1) is 31.7. The monoisotopic (exact) mass is 816 g/mol. The lowest BCUT2D eigenvalue weighted by atomic mass is 9.61. The van der Waals surface area contributed by atoms with Crippen molar-refractivity contribution >= 4 is 43.6 Å². The Kier molecular flexibility index (Phi) is 7.26. The summed E-state index contributed by atoms with van der Waals surface area (Å²) in [7, 11) is 0. The quantitative estimate of drug-likeness (QED) is 0.178. The highest BCUT2D eigenvalue weighted by Crippen LogP contribution is 2.61. The van der Waals surface area contributed by atoms with Gasteiger partial charge in [0.25, 0.3) is 0 Å². The van der Waals surface area contributed by atoms with Gasteiger partial charge in [0.1, 0.15) is 11.5 Å². The van der Waals surface area contributed by atoms with Crippen LogP contribution in [-0.2, 0) is 5.41 Å². The van der Waals surface area contributed by atoms with Crippen molar-refractivity contribution in [2.45, 2.75) is 5.41 Å². The normalized spacial score (nSPS) is 14.8. The van der Waals surface area contributed by atoms with Crippen LogP contribution in [0.2, 0.25) is 0 Å². The molecule has 3 aromatic heterocycles. The van der Waals surface area contributed by atoms with E-state index in [0.717, 1.165) is 78.2 Å². The first-order valence-corrected chi connectivity index (χ1v) is 21.8. The van der Waals surface area contributed by atoms with E-state index in [1.807, 2.05) is 24.3 Å². The molecule has 1 atom stereocenters. The lowest BCUT2D eigenvalue weighted by molar-refractivity contribution is 0.435. The van der Waals surface area contributed by atoms with Crippen molar-refractivity contribution in [2.24, 2.45) is 0 Å². The van der Waals surface area contributed by atoms with Gasteiger partial charge in [-0.05, 0) is 65.7 Å². The Morgan fingerprint density at radius 1 is 0.359 bits per heavy atom. The minimum Gasteiger partial charge on any atom is -0.457 e. The minimum absolute atomic E-state index is 0.690. The van der Waals surface area contributed by atoms with E-state index in [1.165, 1.54) is 38.6 Å². The van der Waals surface area contributed by atoms with Crippen molar-refractivity contribution in [3.05, 3.63) is 241 Å². The number of fused-ring (bicyclic) bond motifs is 14. The molecule has 14 rings (SSSR count). The molecule has 0 saturated heterocycles. The van der Waals surface area contributed by atoms with Gasteiger partial charge in [0.2, 0.25) is 0 Å². The first-order valence-electron chi connectivity index (χ1n) is 21.8. The van der Waals surface area contributed by atoms with E-state index >= 15 is 0 Å². The lowest BCUT2D eigenvalue weighted by Gasteiger charge is -2.45. The van der Waals surface area contributed by atoms with E-state index in [4.69, 9.17) is 14.7 Å². The second-order valence-corrected chi connectivity index (χ2v) is 16.9. The van der Waals surface area contributed by atoms with E-state index in [1.54, 1.807) is 0 Å². The molecular weight excluding hydrogens is 781 g/mol. The van der Waals surface area contributed by atoms with Crippen LogP contribution in [0.15, 0.2) is 218 Å². The molecule has 0 aliphatic carbocycles. The largest absolute Gasteiger partial charge is 0.457 e. The van der Waals surface area contributed by atoms with Crippen LogP contribution < -0.4 is 4.74 Å². The van der Waals surface area contributed by atoms with Crippen LogP contribution in [0.1, 0.15) is 22.3 Å². The highest BCUT2D eigenvalue weighted by molar-refractivity contribution is 6.13. The molecule has 0 saturated carbocycles. The highest BCUT2D eigenvalue weighted by Gasteiger charge is 2.50. The van der Waals surface area contributed by atoms with Crippen molar-refractivity contribution in [1.82, 2.24) is 19.1 Å². The number of hydrogen-bond donors (Lipinski definition) is 0. The molecule has 0 amide bonds. The van der Waals surface area contributed by atoms with Gasteiger partial charge in [-0.15, -0.1) is 0 Å². The maximum Gasteiger partial charge on any atom is 0.160 e. The average Bonchev–Trinajstić information content (AvgIpc) is 3.88. The zero-order chi connectivity index (χ0) is 41.9. The summed E-state index contributed by atoms with van der Waals surface area (Å²) in [6, 6.07) is 78.2. The van der Waals surface area contributed by atoms with Gasteiger partial charge in [-0.2, -0.15) is 0 Å². The van der Waals surface area contributed by atoms with Crippen LogP contribution in [0.5, 0.6) is 11.5 Å². The predicted octanol–water partition coefficient (Wildman–Crippen LogP) is 14.5. The molecule has 2 aliphatic heterocycles. The average molecular weight is 817 g/mol. The van der Waals surface area contributed by atoms with Gasteiger partial charge in [-0.25, -0.2) is 9.97 Å². The Morgan fingerprint density at radius 2 is 0.953 bits per heavy atom. The van der Waals surface area contributed by atoms with Crippen molar-refractivity contribution < 1.29 is 4.74 Å². The molecule has 0 N–H and O–H groups in total. The summed E-state index contributed by atoms with van der Waals surface area (Å²) in [6.45, 7) is 0. The van der Waals surface area contributed by atoms with Crippen LogP contribution in [-0.4, -0.2) is 19.1 Å². The fourth-order valence-corrected chi connectivity index (χ4v) is 10.9. The zero-order valence-corrected chi connectivity index (χ0v) is 34.5. The van der Waals surface area contributed by atoms with E-state index in [9.17, 15) is 0 Å². The molecule has 0 bridgehead atoms. The third kappa shape index (κ3) is 4.78. The maximum atomic E-state index is 7.08. The van der Waals surface area contributed by atoms with Crippen molar-refractivity contribution in [3.8, 4) is 56.8 Å². The highest BCUT2D eigenvalue weighted by atomic mass is 16.5. The Bertz CT molecular complexity index is 3830. The standard InChI is InChI=1S/C59H36N4O/c1-3-17-37(18-4-1)49-36-50(61-58(60-49)38-19-5-2-6-20-38)39-21-15-22-40(33-39)62-51-29-11-8-24-42(51)44-34-56-48(35-54(44)62)59(46-27-10-14-32-55(46)64-56)45-26-9-13-31-53(45)63-52-30-12-7-23-41(52)43-25-16-28-47(59)57(43)63/h1-36H. The van der Waals surface area contributed by atoms with Gasteiger partial charge in [0, 0.05) is 55.0 Å². The molecule has 9 aromatic carbocycles. The van der Waals surface area contributed by atoms with Crippen molar-refractivity contribution in [3.63, 3.8) is 0 Å². The fraction of sp³-hybridized carbons (Fsp3) is 0.0169. The molecule has 1 spiro atoms. The second kappa shape index (κ2) is 13.2. The van der Waals surface area contributed by atoms with Crippen molar-refractivity contribution in [2.75, 3.05) is 0 Å². The molecule has 2 aliphatic rings. The van der Waals surface area contributed by atoms with E-state index in [0.29, 0.717) is 5.82 Å². The summed E-state index contributed by atoms with van der Waals surface area (Å²) >= 11 is 0. The first kappa shape index (κ1) is 35.1. The summed E-state index contributed by atoms with van der Waals surface area (Å²) in [5, 5.41) is 4.78. The number of benzene rings is 9. The summed E-state index contributed by atoms with van der Waals surface area (Å²) in [5.41, 5.74) is 15.7. The topological polar surface area (TPSA) is 44.9 Å². The van der Waals surface area contributed by atoms with E-state index in [-0.39, 0.29) is 0 Å². The molecule has 12 aromatic rings. The molecule has 298 valence electrons. The molecule has 0 radical (unpaired) electrons. The van der Waals surface area contributed by atoms with Gasteiger partial charge in [-0.1, -0.05) is 164 Å². The Labute approximate surface area is 368 Å². The zero-order valence-electron chi connectivity index (χ0n) is 34.5. The van der Waals surface area contributed by atoms with Crippen molar-refractivity contribution in [1.29, 1.82) is 0 Å². The molecule has 5 heterocycles. The minimum atomic E-state index is -0.690. The number of para-hydroxylation sites is 5. The van der Waals surface area contributed by atoms with Gasteiger partial charge in [0.05, 0.1) is 44.6 Å². The summed E-state index contributed by atoms with van der Waals surface area (Å²) in [6.07, 6.45) is 0. The Balaban J connectivity index is 1.05. The molecule has 5 nitrogen and oxygen atoms in total. The maximum absolute atomic E-state index is 7.08. The van der Waals surface area contributed by atoms with Crippen LogP contribution in [0.25, 0.3) is 88.9 Å². The third-order valence-electron chi connectivity index (χ3n) is 13.6. The molecule has 1 unspecified atom stereocenters. The smallest absolute Gasteiger partial charge is 0.160 e. The lowest BCUT2D eigenvalue weighted by Crippen LogP contribution is -2.37. The number of hydrogen-bond acceptors (Lipinski definition) is 3. The Hall–Kier alpha value is -8.54. The van der Waals surface area contributed by atoms with Gasteiger partial charge in [-0.3, -0.25) is 0 Å². The molecule has 64 heavy (non-hydrogen) atoms. The summed E-state index contributed by atoms with van der Waals surface area (Å²) in [4.78, 5) is 10.3. The number of ether oxygens (including phenoxy) is 1. The van der Waals surface area contributed by atoms with E-state index in [2.05, 4.69) is 203 Å².